The van der Waals surface area contributed by atoms with Gasteiger partial charge in [-0.1, -0.05) is 6.92 Å². The zero-order valence-corrected chi connectivity index (χ0v) is 9.29. The first kappa shape index (κ1) is 13.1. The van der Waals surface area contributed by atoms with Crippen molar-refractivity contribution < 1.29 is 18.7 Å². The number of hydrogen-bond acceptors (Lipinski definition) is 4. The van der Waals surface area contributed by atoms with Gasteiger partial charge in [-0.3, -0.25) is 9.05 Å². The van der Waals surface area contributed by atoms with Crippen LogP contribution in [-0.2, 0) is 13.6 Å². The average Bonchev–Trinajstić information content (AvgIpc) is 2.07. The van der Waals surface area contributed by atoms with Crippen molar-refractivity contribution >= 4 is 7.75 Å². The third-order valence-corrected chi connectivity index (χ3v) is 3.73. The number of hydrogen-bond donors (Lipinski definition) is 1. The van der Waals surface area contributed by atoms with Gasteiger partial charge in [-0.25, -0.2) is 4.57 Å². The Morgan fingerprint density at radius 2 is 1.69 bits per heavy atom. The van der Waals surface area contributed by atoms with Crippen LogP contribution < -0.4 is 0 Å². The summed E-state index contributed by atoms with van der Waals surface area (Å²) in [5, 5.41) is 8.91. The minimum Gasteiger partial charge on any atom is -0.381 e. The van der Waals surface area contributed by atoms with Crippen LogP contribution in [-0.4, -0.2) is 36.3 Å². The second kappa shape index (κ2) is 6.51. The molecule has 6 heteroatoms. The standard InChI is InChI=1S/C7H18NO4P/c1-4-8(7-9)13(10,11-5-2)12-6-3/h9H,4-7H2,1-3H3. The van der Waals surface area contributed by atoms with Gasteiger partial charge in [0, 0.05) is 6.54 Å². The van der Waals surface area contributed by atoms with Crippen LogP contribution in [0.1, 0.15) is 20.8 Å². The molecule has 0 fully saturated rings. The maximum Gasteiger partial charge on any atom is 0.410 e. The molecule has 0 amide bonds. The summed E-state index contributed by atoms with van der Waals surface area (Å²) < 4.78 is 23.2. The van der Waals surface area contributed by atoms with Gasteiger partial charge in [0.15, 0.2) is 0 Å². The zero-order valence-electron chi connectivity index (χ0n) is 8.39. The molecular weight excluding hydrogens is 193 g/mol. The van der Waals surface area contributed by atoms with E-state index in [9.17, 15) is 4.57 Å². The van der Waals surface area contributed by atoms with Crippen LogP contribution in [0.5, 0.6) is 0 Å². The van der Waals surface area contributed by atoms with Crippen molar-refractivity contribution in [2.24, 2.45) is 0 Å². The fourth-order valence-corrected chi connectivity index (χ4v) is 2.43. The Bertz CT molecular complexity index is 162. The van der Waals surface area contributed by atoms with Crippen molar-refractivity contribution in [3.8, 4) is 0 Å². The summed E-state index contributed by atoms with van der Waals surface area (Å²) >= 11 is 0. The normalized spacial score (nSPS) is 12.4. The van der Waals surface area contributed by atoms with Gasteiger partial charge in [-0.15, -0.1) is 0 Å². The summed E-state index contributed by atoms with van der Waals surface area (Å²) in [6, 6.07) is 0. The molecule has 0 aromatic rings. The molecule has 0 aliphatic carbocycles. The van der Waals surface area contributed by atoms with Crippen molar-refractivity contribution in [1.29, 1.82) is 0 Å². The summed E-state index contributed by atoms with van der Waals surface area (Å²) in [7, 11) is -3.25. The van der Waals surface area contributed by atoms with Gasteiger partial charge in [0.2, 0.25) is 0 Å². The van der Waals surface area contributed by atoms with Crippen molar-refractivity contribution in [2.75, 3.05) is 26.5 Å². The van der Waals surface area contributed by atoms with Gasteiger partial charge >= 0.3 is 7.75 Å². The van der Waals surface area contributed by atoms with E-state index in [4.69, 9.17) is 14.2 Å². The topological polar surface area (TPSA) is 59.0 Å². The highest BCUT2D eigenvalue weighted by Gasteiger charge is 2.30. The Labute approximate surface area is 79.2 Å². The first-order valence-corrected chi connectivity index (χ1v) is 5.89. The summed E-state index contributed by atoms with van der Waals surface area (Å²) in [6.07, 6.45) is 0. The number of nitrogens with zero attached hydrogens (tertiary/aromatic N) is 1. The van der Waals surface area contributed by atoms with Gasteiger partial charge in [0.1, 0.15) is 6.73 Å². The van der Waals surface area contributed by atoms with Crippen LogP contribution in [0.2, 0.25) is 0 Å². The second-order valence-electron chi connectivity index (χ2n) is 2.27. The van der Waals surface area contributed by atoms with Gasteiger partial charge < -0.3 is 5.11 Å². The molecule has 1 N–H and O–H groups in total. The third kappa shape index (κ3) is 3.75. The number of aliphatic hydroxyl groups excluding tert-OH is 1. The molecule has 0 aromatic heterocycles. The van der Waals surface area contributed by atoms with Crippen LogP contribution in [0.25, 0.3) is 0 Å². The molecule has 80 valence electrons. The lowest BCUT2D eigenvalue weighted by molar-refractivity contribution is 0.113. The zero-order chi connectivity index (χ0) is 10.3. The second-order valence-corrected chi connectivity index (χ2v) is 4.29. The summed E-state index contributed by atoms with van der Waals surface area (Å²) in [6.45, 7) is 5.94. The van der Waals surface area contributed by atoms with Gasteiger partial charge in [0.25, 0.3) is 0 Å². The number of rotatable bonds is 7. The largest absolute Gasteiger partial charge is 0.410 e. The van der Waals surface area contributed by atoms with E-state index in [-0.39, 0.29) is 6.73 Å². The smallest absolute Gasteiger partial charge is 0.381 e. The molecule has 0 aromatic carbocycles. The Balaban J connectivity index is 4.44. The van der Waals surface area contributed by atoms with Crippen LogP contribution in [0.4, 0.5) is 0 Å². The Kier molecular flexibility index (Phi) is 6.55. The molecule has 0 unspecified atom stereocenters. The molecule has 0 atom stereocenters. The highest BCUT2D eigenvalue weighted by molar-refractivity contribution is 7.51. The molecule has 0 bridgehead atoms. The number of aliphatic hydroxyl groups is 1. The average molecular weight is 211 g/mol. The molecule has 0 saturated heterocycles. The highest BCUT2D eigenvalue weighted by atomic mass is 31.2. The summed E-state index contributed by atoms with van der Waals surface area (Å²) in [5.41, 5.74) is 0. The minimum atomic E-state index is -3.25. The van der Waals surface area contributed by atoms with E-state index >= 15 is 0 Å². The summed E-state index contributed by atoms with van der Waals surface area (Å²) in [4.78, 5) is 0. The fraction of sp³-hybridized carbons (Fsp3) is 1.00. The van der Waals surface area contributed by atoms with Crippen molar-refractivity contribution in [3.05, 3.63) is 0 Å². The predicted octanol–water partition coefficient (Wildman–Crippen LogP) is 1.44. The first-order chi connectivity index (χ1) is 6.14. The molecule has 0 rings (SSSR count). The molecule has 0 spiro atoms. The SMILES string of the molecule is CCOP(=O)(OCC)N(CC)CO. The molecule has 0 heterocycles. The van der Waals surface area contributed by atoms with Crippen LogP contribution in [0.3, 0.4) is 0 Å². The monoisotopic (exact) mass is 211 g/mol. The Morgan fingerprint density at radius 3 is 1.92 bits per heavy atom. The van der Waals surface area contributed by atoms with E-state index in [2.05, 4.69) is 0 Å². The lowest BCUT2D eigenvalue weighted by Crippen LogP contribution is -2.23. The predicted molar refractivity (Wildman–Crippen MR) is 50.3 cm³/mol. The van der Waals surface area contributed by atoms with E-state index in [0.29, 0.717) is 19.8 Å². The summed E-state index contributed by atoms with van der Waals surface area (Å²) in [5.74, 6) is 0. The Morgan fingerprint density at radius 1 is 1.23 bits per heavy atom. The lowest BCUT2D eigenvalue weighted by atomic mass is 10.8. The molecular formula is C7H18NO4P. The molecule has 0 saturated carbocycles. The molecule has 13 heavy (non-hydrogen) atoms. The van der Waals surface area contributed by atoms with E-state index in [0.717, 1.165) is 0 Å². The first-order valence-electron chi connectivity index (χ1n) is 4.40. The highest BCUT2D eigenvalue weighted by Crippen LogP contribution is 2.51. The van der Waals surface area contributed by atoms with E-state index in [1.165, 1.54) is 4.67 Å². The van der Waals surface area contributed by atoms with Crippen LogP contribution in [0.15, 0.2) is 0 Å². The maximum absolute atomic E-state index is 11.9. The molecule has 0 aliphatic heterocycles. The van der Waals surface area contributed by atoms with Gasteiger partial charge in [-0.05, 0) is 13.8 Å². The fourth-order valence-electron chi connectivity index (χ4n) is 0.878. The molecule has 0 aliphatic rings. The van der Waals surface area contributed by atoms with Crippen molar-refractivity contribution in [2.45, 2.75) is 20.8 Å². The maximum atomic E-state index is 11.9. The van der Waals surface area contributed by atoms with E-state index in [1.54, 1.807) is 20.8 Å². The Hall–Kier alpha value is 0.0700. The van der Waals surface area contributed by atoms with E-state index < -0.39 is 7.75 Å². The quantitative estimate of drug-likeness (QED) is 0.510. The van der Waals surface area contributed by atoms with Crippen molar-refractivity contribution in [1.82, 2.24) is 4.67 Å². The van der Waals surface area contributed by atoms with Gasteiger partial charge in [-0.2, -0.15) is 4.67 Å². The van der Waals surface area contributed by atoms with E-state index in [1.807, 2.05) is 0 Å². The van der Waals surface area contributed by atoms with Crippen LogP contribution in [0, 0.1) is 0 Å². The minimum absolute atomic E-state index is 0.299. The third-order valence-electron chi connectivity index (χ3n) is 1.46. The van der Waals surface area contributed by atoms with Gasteiger partial charge in [0.05, 0.1) is 13.2 Å². The molecule has 0 radical (unpaired) electrons. The van der Waals surface area contributed by atoms with Crippen LogP contribution >= 0.6 is 7.75 Å². The lowest BCUT2D eigenvalue weighted by Gasteiger charge is -2.26. The molecule has 5 nitrogen and oxygen atoms in total. The van der Waals surface area contributed by atoms with Crippen molar-refractivity contribution in [3.63, 3.8) is 0 Å².